The summed E-state index contributed by atoms with van der Waals surface area (Å²) in [6.07, 6.45) is 0. The van der Waals surface area contributed by atoms with Gasteiger partial charge in [0.1, 0.15) is 5.82 Å². The minimum Gasteiger partial charge on any atom is -0.465 e. The van der Waals surface area contributed by atoms with Crippen LogP contribution in [0.15, 0.2) is 23.1 Å². The van der Waals surface area contributed by atoms with Crippen molar-refractivity contribution in [2.45, 2.75) is 25.3 Å². The first-order valence-electron chi connectivity index (χ1n) is 5.95. The summed E-state index contributed by atoms with van der Waals surface area (Å²) in [5, 5.41) is 3.15. The predicted octanol–water partition coefficient (Wildman–Crippen LogP) is 2.59. The maximum atomic E-state index is 13.2. The number of thioether (sulfide) groups is 1. The van der Waals surface area contributed by atoms with Crippen LogP contribution in [0.25, 0.3) is 0 Å². The molecule has 0 unspecified atom stereocenters. The van der Waals surface area contributed by atoms with E-state index in [4.69, 9.17) is 4.74 Å². The van der Waals surface area contributed by atoms with Crippen LogP contribution in [0.5, 0.6) is 0 Å². The Bertz CT molecular complexity index is 399. The first-order chi connectivity index (χ1) is 8.67. The van der Waals surface area contributed by atoms with Crippen LogP contribution in [0, 0.1) is 5.82 Å². The summed E-state index contributed by atoms with van der Waals surface area (Å²) >= 11 is 1.37. The van der Waals surface area contributed by atoms with Crippen molar-refractivity contribution >= 4 is 17.7 Å². The molecule has 0 aliphatic rings. The van der Waals surface area contributed by atoms with Crippen LogP contribution >= 0.6 is 11.8 Å². The molecule has 0 aromatic heterocycles. The smallest absolute Gasteiger partial charge is 0.316 e. The van der Waals surface area contributed by atoms with Crippen LogP contribution in [0.2, 0.25) is 0 Å². The van der Waals surface area contributed by atoms with E-state index in [2.05, 4.69) is 5.32 Å². The van der Waals surface area contributed by atoms with E-state index in [1.807, 2.05) is 6.92 Å². The zero-order valence-corrected chi connectivity index (χ0v) is 11.5. The van der Waals surface area contributed by atoms with Gasteiger partial charge in [0, 0.05) is 11.4 Å². The van der Waals surface area contributed by atoms with E-state index in [1.165, 1.54) is 23.9 Å². The van der Waals surface area contributed by atoms with Crippen LogP contribution in [-0.2, 0) is 16.1 Å². The number of carbonyl (C=O) groups is 1. The van der Waals surface area contributed by atoms with Gasteiger partial charge < -0.3 is 10.1 Å². The lowest BCUT2D eigenvalue weighted by Crippen LogP contribution is -2.13. The third-order valence-electron chi connectivity index (χ3n) is 2.24. The van der Waals surface area contributed by atoms with Gasteiger partial charge >= 0.3 is 5.97 Å². The molecule has 0 saturated heterocycles. The summed E-state index contributed by atoms with van der Waals surface area (Å²) in [5.74, 6) is -0.261. The first-order valence-corrected chi connectivity index (χ1v) is 6.93. The zero-order chi connectivity index (χ0) is 13.4. The zero-order valence-electron chi connectivity index (χ0n) is 10.7. The van der Waals surface area contributed by atoms with Crippen molar-refractivity contribution in [1.29, 1.82) is 0 Å². The highest BCUT2D eigenvalue weighted by molar-refractivity contribution is 8.00. The van der Waals surface area contributed by atoms with E-state index in [9.17, 15) is 9.18 Å². The summed E-state index contributed by atoms with van der Waals surface area (Å²) < 4.78 is 18.0. The number of hydrogen-bond acceptors (Lipinski definition) is 4. The molecule has 0 heterocycles. The van der Waals surface area contributed by atoms with Gasteiger partial charge in [-0.05, 0) is 37.2 Å². The lowest BCUT2D eigenvalue weighted by Gasteiger charge is -2.09. The maximum Gasteiger partial charge on any atom is 0.316 e. The Labute approximate surface area is 111 Å². The van der Waals surface area contributed by atoms with Gasteiger partial charge in [0.25, 0.3) is 0 Å². The largest absolute Gasteiger partial charge is 0.465 e. The van der Waals surface area contributed by atoms with Crippen molar-refractivity contribution in [2.75, 3.05) is 18.9 Å². The molecule has 0 fully saturated rings. The van der Waals surface area contributed by atoms with E-state index in [0.29, 0.717) is 13.2 Å². The monoisotopic (exact) mass is 271 g/mol. The van der Waals surface area contributed by atoms with Gasteiger partial charge in [-0.25, -0.2) is 4.39 Å². The van der Waals surface area contributed by atoms with Gasteiger partial charge in [-0.2, -0.15) is 0 Å². The molecule has 3 nitrogen and oxygen atoms in total. The molecule has 1 N–H and O–H groups in total. The second-order valence-corrected chi connectivity index (χ2v) is 4.64. The molecule has 1 aromatic rings. The van der Waals surface area contributed by atoms with E-state index in [0.717, 1.165) is 17.0 Å². The molecule has 0 aliphatic carbocycles. The molecule has 0 amide bonds. The minimum atomic E-state index is -0.261. The minimum absolute atomic E-state index is 0.249. The number of benzene rings is 1. The molecule has 100 valence electrons. The quantitative estimate of drug-likeness (QED) is 0.611. The second-order valence-electron chi connectivity index (χ2n) is 3.63. The second kappa shape index (κ2) is 8.11. The fourth-order valence-corrected chi connectivity index (χ4v) is 2.26. The van der Waals surface area contributed by atoms with Crippen LogP contribution in [0.3, 0.4) is 0 Å². The molecule has 18 heavy (non-hydrogen) atoms. The summed E-state index contributed by atoms with van der Waals surface area (Å²) in [5.41, 5.74) is 0.867. The highest BCUT2D eigenvalue weighted by atomic mass is 32.2. The highest BCUT2D eigenvalue weighted by Gasteiger charge is 2.08. The summed E-state index contributed by atoms with van der Waals surface area (Å²) in [4.78, 5) is 12.2. The van der Waals surface area contributed by atoms with E-state index in [-0.39, 0.29) is 17.5 Å². The van der Waals surface area contributed by atoms with Crippen LogP contribution in [0.4, 0.5) is 4.39 Å². The molecule has 5 heteroatoms. The molecule has 0 spiro atoms. The van der Waals surface area contributed by atoms with Crippen LogP contribution in [-0.4, -0.2) is 24.9 Å². The Hall–Kier alpha value is -1.07. The van der Waals surface area contributed by atoms with Gasteiger partial charge in [-0.3, -0.25) is 4.79 Å². The molecule has 1 aromatic carbocycles. The number of ether oxygens (including phenoxy) is 1. The van der Waals surface area contributed by atoms with Crippen LogP contribution in [0.1, 0.15) is 19.4 Å². The lowest BCUT2D eigenvalue weighted by atomic mass is 10.2. The number of halogens is 1. The third-order valence-corrected chi connectivity index (χ3v) is 3.33. The van der Waals surface area contributed by atoms with Crippen molar-refractivity contribution in [3.8, 4) is 0 Å². The normalized spacial score (nSPS) is 10.4. The third kappa shape index (κ3) is 5.06. The predicted molar refractivity (Wildman–Crippen MR) is 71.1 cm³/mol. The number of esters is 1. The van der Waals surface area contributed by atoms with Crippen molar-refractivity contribution in [1.82, 2.24) is 5.32 Å². The summed E-state index contributed by atoms with van der Waals surface area (Å²) in [7, 11) is 0. The SMILES string of the molecule is CCNCc1cc(F)ccc1SCC(=O)OCC. The highest BCUT2D eigenvalue weighted by Crippen LogP contribution is 2.23. The molecular formula is C13H18FNO2S. The molecule has 0 bridgehead atoms. The fraction of sp³-hybridized carbons (Fsp3) is 0.462. The van der Waals surface area contributed by atoms with Gasteiger partial charge in [0.2, 0.25) is 0 Å². The summed E-state index contributed by atoms with van der Waals surface area (Å²) in [6.45, 7) is 5.56. The van der Waals surface area contributed by atoms with E-state index in [1.54, 1.807) is 13.0 Å². The Kier molecular flexibility index (Phi) is 6.75. The molecular weight excluding hydrogens is 253 g/mol. The Morgan fingerprint density at radius 2 is 2.22 bits per heavy atom. The lowest BCUT2D eigenvalue weighted by molar-refractivity contribution is -0.139. The average molecular weight is 271 g/mol. The molecule has 0 saturated carbocycles. The topological polar surface area (TPSA) is 38.3 Å². The molecule has 0 radical (unpaired) electrons. The number of rotatable bonds is 7. The Morgan fingerprint density at radius 1 is 1.44 bits per heavy atom. The van der Waals surface area contributed by atoms with Crippen molar-refractivity contribution in [3.05, 3.63) is 29.6 Å². The van der Waals surface area contributed by atoms with Crippen molar-refractivity contribution in [2.24, 2.45) is 0 Å². The fourth-order valence-electron chi connectivity index (χ4n) is 1.43. The Balaban J connectivity index is 2.65. The van der Waals surface area contributed by atoms with Gasteiger partial charge in [-0.15, -0.1) is 11.8 Å². The molecule has 1 rings (SSSR count). The number of carbonyl (C=O) groups excluding carboxylic acids is 1. The first kappa shape index (κ1) is 15.0. The van der Waals surface area contributed by atoms with E-state index >= 15 is 0 Å². The Morgan fingerprint density at radius 3 is 2.89 bits per heavy atom. The molecule has 0 aliphatic heterocycles. The standard InChI is InChI=1S/C13H18FNO2S/c1-3-15-8-10-7-11(14)5-6-12(10)18-9-13(16)17-4-2/h5-7,15H,3-4,8-9H2,1-2H3. The number of nitrogens with one attached hydrogen (secondary N) is 1. The van der Waals surface area contributed by atoms with Gasteiger partial charge in [0.15, 0.2) is 0 Å². The van der Waals surface area contributed by atoms with Gasteiger partial charge in [0.05, 0.1) is 12.4 Å². The van der Waals surface area contributed by atoms with Gasteiger partial charge in [-0.1, -0.05) is 6.92 Å². The number of hydrogen-bond donors (Lipinski definition) is 1. The van der Waals surface area contributed by atoms with Crippen molar-refractivity contribution < 1.29 is 13.9 Å². The maximum absolute atomic E-state index is 13.2. The summed E-state index contributed by atoms with van der Waals surface area (Å²) in [6, 6.07) is 4.60. The molecule has 0 atom stereocenters. The average Bonchev–Trinajstić information content (AvgIpc) is 2.35. The van der Waals surface area contributed by atoms with Crippen molar-refractivity contribution in [3.63, 3.8) is 0 Å². The van der Waals surface area contributed by atoms with E-state index < -0.39 is 0 Å². The van der Waals surface area contributed by atoms with Crippen LogP contribution < -0.4 is 5.32 Å².